The molecule has 0 bridgehead atoms. The molecule has 104 valence electrons. The Labute approximate surface area is 114 Å². The van der Waals surface area contributed by atoms with Crippen molar-refractivity contribution in [3.63, 3.8) is 0 Å². The van der Waals surface area contributed by atoms with Gasteiger partial charge in [0.1, 0.15) is 0 Å². The number of H-pyrrole nitrogens is 1. The lowest BCUT2D eigenvalue weighted by atomic mass is 10.1. The molecule has 0 fully saturated rings. The number of amides is 3. The molecule has 20 heavy (non-hydrogen) atoms. The van der Waals surface area contributed by atoms with Gasteiger partial charge < -0.3 is 15.5 Å². The van der Waals surface area contributed by atoms with Gasteiger partial charge in [-0.1, -0.05) is 18.2 Å². The number of hydrogen-bond donors (Lipinski definition) is 3. The van der Waals surface area contributed by atoms with E-state index in [1.165, 1.54) is 0 Å². The van der Waals surface area contributed by atoms with E-state index in [2.05, 4.69) is 4.98 Å². The Morgan fingerprint density at radius 3 is 2.75 bits per heavy atom. The number of primary amides is 1. The van der Waals surface area contributed by atoms with Crippen molar-refractivity contribution >= 4 is 28.8 Å². The van der Waals surface area contributed by atoms with E-state index in [4.69, 9.17) is 10.5 Å². The molecule has 0 aliphatic rings. The minimum Gasteiger partial charge on any atom is -0.455 e. The van der Waals surface area contributed by atoms with E-state index >= 15 is 0 Å². The molecule has 0 spiro atoms. The van der Waals surface area contributed by atoms with Crippen molar-refractivity contribution in [3.8, 4) is 0 Å². The fraction of sp³-hybridized carbons (Fsp3) is 0.154. The van der Waals surface area contributed by atoms with Gasteiger partial charge in [-0.3, -0.25) is 14.9 Å². The van der Waals surface area contributed by atoms with Crippen molar-refractivity contribution in [3.05, 3.63) is 36.0 Å². The number of para-hydroxylation sites is 1. The zero-order valence-corrected chi connectivity index (χ0v) is 10.5. The van der Waals surface area contributed by atoms with E-state index in [-0.39, 0.29) is 6.42 Å². The van der Waals surface area contributed by atoms with Crippen LogP contribution in [0.4, 0.5) is 4.79 Å². The number of carbonyl (C=O) groups is 3. The van der Waals surface area contributed by atoms with Crippen LogP contribution in [0.15, 0.2) is 30.5 Å². The summed E-state index contributed by atoms with van der Waals surface area (Å²) in [7, 11) is 0. The smallest absolute Gasteiger partial charge is 0.318 e. The van der Waals surface area contributed by atoms with Crippen LogP contribution < -0.4 is 11.1 Å². The molecule has 1 aromatic carbocycles. The van der Waals surface area contributed by atoms with E-state index in [9.17, 15) is 14.4 Å². The van der Waals surface area contributed by atoms with E-state index in [0.29, 0.717) is 0 Å². The first-order valence-corrected chi connectivity index (χ1v) is 5.86. The van der Waals surface area contributed by atoms with Crippen molar-refractivity contribution < 1.29 is 19.1 Å². The van der Waals surface area contributed by atoms with Crippen LogP contribution in [0.5, 0.6) is 0 Å². The van der Waals surface area contributed by atoms with E-state index in [1.54, 1.807) is 11.5 Å². The van der Waals surface area contributed by atoms with E-state index in [0.717, 1.165) is 16.5 Å². The third kappa shape index (κ3) is 3.35. The third-order valence-electron chi connectivity index (χ3n) is 2.64. The van der Waals surface area contributed by atoms with Crippen LogP contribution in [0.3, 0.4) is 0 Å². The lowest BCUT2D eigenvalue weighted by Gasteiger charge is -2.03. The molecule has 0 radical (unpaired) electrons. The molecule has 2 rings (SSSR count). The second kappa shape index (κ2) is 5.87. The number of fused-ring (bicyclic) bond motifs is 1. The molecule has 0 aliphatic carbocycles. The van der Waals surface area contributed by atoms with Gasteiger partial charge in [0, 0.05) is 17.1 Å². The van der Waals surface area contributed by atoms with Crippen molar-refractivity contribution in [1.29, 1.82) is 0 Å². The predicted molar refractivity (Wildman–Crippen MR) is 70.7 cm³/mol. The average Bonchev–Trinajstić information content (AvgIpc) is 2.79. The molecule has 1 heterocycles. The standard InChI is InChI=1S/C13H13N3O4/c14-13(19)16-11(17)7-20-12(18)5-8-6-15-10-4-2-1-3-9(8)10/h1-4,6,15H,5,7H2,(H3,14,16,17,19). The van der Waals surface area contributed by atoms with Crippen molar-refractivity contribution in [2.24, 2.45) is 5.73 Å². The second-order valence-corrected chi connectivity index (χ2v) is 4.11. The molecule has 1 aromatic heterocycles. The van der Waals surface area contributed by atoms with Gasteiger partial charge in [0.05, 0.1) is 6.42 Å². The molecule has 0 saturated carbocycles. The number of benzene rings is 1. The van der Waals surface area contributed by atoms with Crippen LogP contribution in [0.2, 0.25) is 0 Å². The summed E-state index contributed by atoms with van der Waals surface area (Å²) in [4.78, 5) is 36.1. The summed E-state index contributed by atoms with van der Waals surface area (Å²) < 4.78 is 4.75. The van der Waals surface area contributed by atoms with Gasteiger partial charge in [-0.05, 0) is 11.6 Å². The van der Waals surface area contributed by atoms with Gasteiger partial charge in [0.25, 0.3) is 5.91 Å². The summed E-state index contributed by atoms with van der Waals surface area (Å²) in [5.74, 6) is -1.32. The summed E-state index contributed by atoms with van der Waals surface area (Å²) in [5, 5.41) is 2.73. The molecular weight excluding hydrogens is 262 g/mol. The molecular formula is C13H13N3O4. The molecule has 7 nitrogen and oxygen atoms in total. The lowest BCUT2D eigenvalue weighted by molar-refractivity contribution is -0.147. The maximum absolute atomic E-state index is 11.6. The highest BCUT2D eigenvalue weighted by atomic mass is 16.5. The Kier molecular flexibility index (Phi) is 3.99. The SMILES string of the molecule is NC(=O)NC(=O)COC(=O)Cc1c[nH]c2ccccc12. The zero-order valence-electron chi connectivity index (χ0n) is 10.5. The van der Waals surface area contributed by atoms with Crippen molar-refractivity contribution in [2.75, 3.05) is 6.61 Å². The van der Waals surface area contributed by atoms with Gasteiger partial charge in [-0.2, -0.15) is 0 Å². The van der Waals surface area contributed by atoms with Crippen molar-refractivity contribution in [2.45, 2.75) is 6.42 Å². The Balaban J connectivity index is 1.92. The summed E-state index contributed by atoms with van der Waals surface area (Å²) >= 11 is 0. The zero-order chi connectivity index (χ0) is 14.5. The first-order valence-electron chi connectivity index (χ1n) is 5.86. The Bertz CT molecular complexity index is 662. The summed E-state index contributed by atoms with van der Waals surface area (Å²) in [6.07, 6.45) is 1.75. The first kappa shape index (κ1) is 13.6. The van der Waals surface area contributed by atoms with Crippen LogP contribution in [0.25, 0.3) is 10.9 Å². The number of aromatic amines is 1. The number of carbonyl (C=O) groups excluding carboxylic acids is 3. The number of hydrogen-bond acceptors (Lipinski definition) is 4. The average molecular weight is 275 g/mol. The van der Waals surface area contributed by atoms with Crippen LogP contribution in [-0.2, 0) is 20.7 Å². The number of rotatable bonds is 4. The highest BCUT2D eigenvalue weighted by Gasteiger charge is 2.12. The minimum absolute atomic E-state index is 0.0356. The maximum atomic E-state index is 11.6. The first-order chi connectivity index (χ1) is 9.56. The summed E-state index contributed by atoms with van der Waals surface area (Å²) in [5.41, 5.74) is 6.45. The molecule has 0 saturated heterocycles. The van der Waals surface area contributed by atoms with Crippen LogP contribution in [0.1, 0.15) is 5.56 Å². The Morgan fingerprint density at radius 2 is 2.00 bits per heavy atom. The number of esters is 1. The largest absolute Gasteiger partial charge is 0.455 e. The quantitative estimate of drug-likeness (QED) is 0.702. The van der Waals surface area contributed by atoms with Gasteiger partial charge in [0.15, 0.2) is 6.61 Å². The highest BCUT2D eigenvalue weighted by Crippen LogP contribution is 2.18. The molecule has 3 amide bonds. The molecule has 0 aliphatic heterocycles. The molecule has 2 aromatic rings. The number of ether oxygens (including phenoxy) is 1. The fourth-order valence-electron chi connectivity index (χ4n) is 1.80. The van der Waals surface area contributed by atoms with Gasteiger partial charge in [0.2, 0.25) is 0 Å². The summed E-state index contributed by atoms with van der Waals surface area (Å²) in [6, 6.07) is 6.54. The van der Waals surface area contributed by atoms with Gasteiger partial charge in [-0.15, -0.1) is 0 Å². The number of nitrogens with two attached hydrogens (primary N) is 1. The second-order valence-electron chi connectivity index (χ2n) is 4.11. The fourth-order valence-corrected chi connectivity index (χ4v) is 1.80. The number of nitrogens with one attached hydrogen (secondary N) is 2. The molecule has 0 atom stereocenters. The normalized spacial score (nSPS) is 10.2. The minimum atomic E-state index is -0.984. The molecule has 0 unspecified atom stereocenters. The van der Waals surface area contributed by atoms with Crippen LogP contribution >= 0.6 is 0 Å². The molecule has 4 N–H and O–H groups in total. The van der Waals surface area contributed by atoms with Crippen molar-refractivity contribution in [1.82, 2.24) is 10.3 Å². The number of imide groups is 1. The van der Waals surface area contributed by atoms with E-state index < -0.39 is 24.5 Å². The predicted octanol–water partition coefficient (Wildman–Crippen LogP) is 0.449. The van der Waals surface area contributed by atoms with Crippen LogP contribution in [0, 0.1) is 0 Å². The Morgan fingerprint density at radius 1 is 1.25 bits per heavy atom. The van der Waals surface area contributed by atoms with E-state index in [1.807, 2.05) is 24.3 Å². The number of aromatic nitrogens is 1. The third-order valence-corrected chi connectivity index (χ3v) is 2.64. The van der Waals surface area contributed by atoms with Gasteiger partial charge in [-0.25, -0.2) is 4.79 Å². The number of urea groups is 1. The lowest BCUT2D eigenvalue weighted by Crippen LogP contribution is -2.37. The molecule has 7 heteroatoms. The highest BCUT2D eigenvalue weighted by molar-refractivity contribution is 5.95. The topological polar surface area (TPSA) is 114 Å². The summed E-state index contributed by atoms with van der Waals surface area (Å²) in [6.45, 7) is -0.538. The monoisotopic (exact) mass is 275 g/mol. The van der Waals surface area contributed by atoms with Crippen LogP contribution in [-0.4, -0.2) is 29.5 Å². The van der Waals surface area contributed by atoms with Gasteiger partial charge >= 0.3 is 12.0 Å². The Hall–Kier alpha value is -2.83. The maximum Gasteiger partial charge on any atom is 0.318 e.